The van der Waals surface area contributed by atoms with Gasteiger partial charge in [-0.05, 0) is 51.6 Å². The first-order chi connectivity index (χ1) is 9.69. The molecule has 0 fully saturated rings. The van der Waals surface area contributed by atoms with Gasteiger partial charge in [-0.15, -0.1) is 0 Å². The Hall–Kier alpha value is -1.93. The van der Waals surface area contributed by atoms with Crippen LogP contribution >= 0.6 is 0 Å². The molecule has 0 amide bonds. The molecular weight excluding hydrogens is 271 g/mol. The van der Waals surface area contributed by atoms with Crippen LogP contribution in [0.4, 0.5) is 4.39 Å². The molecular formula is C16H21FN2O2. The van der Waals surface area contributed by atoms with Crippen molar-refractivity contribution in [2.45, 2.75) is 39.3 Å². The lowest BCUT2D eigenvalue weighted by Crippen LogP contribution is -2.27. The second-order valence-corrected chi connectivity index (χ2v) is 6.03. The smallest absolute Gasteiger partial charge is 0.307 e. The van der Waals surface area contributed by atoms with Crippen molar-refractivity contribution in [3.8, 4) is 6.07 Å². The van der Waals surface area contributed by atoms with Crippen molar-refractivity contribution in [3.63, 3.8) is 0 Å². The number of carbonyl (C=O) groups is 1. The Kier molecular flexibility index (Phi) is 5.86. The number of carbonyl (C=O) groups excluding carboxylic acids is 1. The lowest BCUT2D eigenvalue weighted by molar-refractivity contribution is -0.155. The van der Waals surface area contributed by atoms with Crippen LogP contribution < -0.4 is 0 Å². The summed E-state index contributed by atoms with van der Waals surface area (Å²) in [7, 11) is 1.83. The zero-order chi connectivity index (χ0) is 16.0. The zero-order valence-electron chi connectivity index (χ0n) is 12.9. The molecule has 0 saturated heterocycles. The molecule has 5 heteroatoms. The Bertz CT molecular complexity index is 544. The van der Waals surface area contributed by atoms with Crippen molar-refractivity contribution in [1.29, 1.82) is 5.26 Å². The number of esters is 1. The molecule has 0 atom stereocenters. The minimum Gasteiger partial charge on any atom is -0.460 e. The van der Waals surface area contributed by atoms with Crippen LogP contribution in [0.25, 0.3) is 0 Å². The highest BCUT2D eigenvalue weighted by molar-refractivity contribution is 5.70. The van der Waals surface area contributed by atoms with Gasteiger partial charge < -0.3 is 9.64 Å². The van der Waals surface area contributed by atoms with Gasteiger partial charge in [-0.2, -0.15) is 5.26 Å². The Morgan fingerprint density at radius 2 is 2.05 bits per heavy atom. The topological polar surface area (TPSA) is 53.3 Å². The molecule has 0 saturated carbocycles. The Morgan fingerprint density at radius 3 is 2.62 bits per heavy atom. The van der Waals surface area contributed by atoms with Crippen molar-refractivity contribution in [2.75, 3.05) is 13.6 Å². The fourth-order valence-electron chi connectivity index (χ4n) is 1.87. The number of hydrogen-bond donors (Lipinski definition) is 0. The largest absolute Gasteiger partial charge is 0.460 e. The van der Waals surface area contributed by atoms with Crippen LogP contribution in [-0.4, -0.2) is 30.1 Å². The number of nitrogens with zero attached hydrogens (tertiary/aromatic N) is 2. The first-order valence-corrected chi connectivity index (χ1v) is 6.79. The molecule has 0 heterocycles. The number of ether oxygens (including phenoxy) is 1. The second kappa shape index (κ2) is 7.19. The Labute approximate surface area is 125 Å². The summed E-state index contributed by atoms with van der Waals surface area (Å²) < 4.78 is 18.5. The number of halogens is 1. The van der Waals surface area contributed by atoms with E-state index in [1.807, 2.05) is 38.8 Å². The van der Waals surface area contributed by atoms with Crippen LogP contribution in [0.3, 0.4) is 0 Å². The molecule has 0 spiro atoms. The summed E-state index contributed by atoms with van der Waals surface area (Å²) in [5.74, 6) is -0.684. The minimum absolute atomic E-state index is 0.258. The van der Waals surface area contributed by atoms with Crippen molar-refractivity contribution < 1.29 is 13.9 Å². The van der Waals surface area contributed by atoms with Gasteiger partial charge in [0.2, 0.25) is 0 Å². The average molecular weight is 292 g/mol. The SMILES string of the molecule is CN(CCC(=O)OC(C)(C)C)Cc1cc(F)cc(C#N)c1. The average Bonchev–Trinajstić information content (AvgIpc) is 2.33. The third-order valence-corrected chi connectivity index (χ3v) is 2.66. The van der Waals surface area contributed by atoms with E-state index in [-0.39, 0.29) is 12.4 Å². The summed E-state index contributed by atoms with van der Waals surface area (Å²) >= 11 is 0. The van der Waals surface area contributed by atoms with E-state index in [9.17, 15) is 9.18 Å². The molecule has 1 aromatic carbocycles. The highest BCUT2D eigenvalue weighted by Gasteiger charge is 2.16. The maximum absolute atomic E-state index is 13.3. The van der Waals surface area contributed by atoms with Crippen molar-refractivity contribution in [3.05, 3.63) is 35.1 Å². The van der Waals surface area contributed by atoms with E-state index in [0.29, 0.717) is 24.2 Å². The normalized spacial score (nSPS) is 11.3. The van der Waals surface area contributed by atoms with Gasteiger partial charge in [0.25, 0.3) is 0 Å². The predicted molar refractivity (Wildman–Crippen MR) is 77.9 cm³/mol. The van der Waals surface area contributed by atoms with Gasteiger partial charge in [-0.25, -0.2) is 4.39 Å². The predicted octanol–water partition coefficient (Wildman–Crippen LogP) is 2.86. The van der Waals surface area contributed by atoms with E-state index in [2.05, 4.69) is 0 Å². The van der Waals surface area contributed by atoms with Gasteiger partial charge in [0.15, 0.2) is 0 Å². The molecule has 1 rings (SSSR count). The van der Waals surface area contributed by atoms with Gasteiger partial charge >= 0.3 is 5.97 Å². The molecule has 0 aliphatic heterocycles. The molecule has 0 aliphatic rings. The maximum atomic E-state index is 13.3. The summed E-state index contributed by atoms with van der Waals surface area (Å²) in [5, 5.41) is 8.81. The Morgan fingerprint density at radius 1 is 1.38 bits per heavy atom. The summed E-state index contributed by atoms with van der Waals surface area (Å²) in [6.45, 7) is 6.45. The van der Waals surface area contributed by atoms with Crippen LogP contribution in [0.5, 0.6) is 0 Å². The van der Waals surface area contributed by atoms with E-state index < -0.39 is 11.4 Å². The third-order valence-electron chi connectivity index (χ3n) is 2.66. The molecule has 4 nitrogen and oxygen atoms in total. The summed E-state index contributed by atoms with van der Waals surface area (Å²) in [4.78, 5) is 13.5. The highest BCUT2D eigenvalue weighted by atomic mass is 19.1. The minimum atomic E-state index is -0.486. The first-order valence-electron chi connectivity index (χ1n) is 6.79. The van der Waals surface area contributed by atoms with Crippen LogP contribution in [0.15, 0.2) is 18.2 Å². The molecule has 0 bridgehead atoms. The van der Waals surface area contributed by atoms with Gasteiger partial charge in [-0.3, -0.25) is 4.79 Å². The van der Waals surface area contributed by atoms with Crippen LogP contribution in [-0.2, 0) is 16.1 Å². The maximum Gasteiger partial charge on any atom is 0.307 e. The van der Waals surface area contributed by atoms with E-state index in [1.54, 1.807) is 6.07 Å². The lowest BCUT2D eigenvalue weighted by Gasteiger charge is -2.21. The van der Waals surface area contributed by atoms with Crippen LogP contribution in [0, 0.1) is 17.1 Å². The number of hydrogen-bond acceptors (Lipinski definition) is 4. The first kappa shape index (κ1) is 17.1. The van der Waals surface area contributed by atoms with Gasteiger partial charge in [0, 0.05) is 13.1 Å². The van der Waals surface area contributed by atoms with Gasteiger partial charge in [0.1, 0.15) is 11.4 Å². The van der Waals surface area contributed by atoms with E-state index >= 15 is 0 Å². The molecule has 114 valence electrons. The summed E-state index contributed by atoms with van der Waals surface area (Å²) in [5.41, 5.74) is 0.517. The fraction of sp³-hybridized carbons (Fsp3) is 0.500. The molecule has 0 N–H and O–H groups in total. The quantitative estimate of drug-likeness (QED) is 0.783. The zero-order valence-corrected chi connectivity index (χ0v) is 12.9. The molecule has 0 aromatic heterocycles. The van der Waals surface area contributed by atoms with Crippen molar-refractivity contribution >= 4 is 5.97 Å². The van der Waals surface area contributed by atoms with E-state index in [0.717, 1.165) is 0 Å². The molecule has 1 aromatic rings. The molecule has 0 aliphatic carbocycles. The summed E-state index contributed by atoms with van der Waals surface area (Å²) in [6, 6.07) is 6.16. The van der Waals surface area contributed by atoms with E-state index in [1.165, 1.54) is 12.1 Å². The molecule has 21 heavy (non-hydrogen) atoms. The second-order valence-electron chi connectivity index (χ2n) is 6.03. The monoisotopic (exact) mass is 292 g/mol. The molecule has 0 radical (unpaired) electrons. The number of nitriles is 1. The standard InChI is InChI=1S/C16H21FN2O2/c1-16(2,3)21-15(20)5-6-19(4)11-13-7-12(10-18)8-14(17)9-13/h7-9H,5-6,11H2,1-4H3. The lowest BCUT2D eigenvalue weighted by atomic mass is 10.1. The van der Waals surface area contributed by atoms with Crippen molar-refractivity contribution in [1.82, 2.24) is 4.90 Å². The van der Waals surface area contributed by atoms with Gasteiger partial charge in [-0.1, -0.05) is 0 Å². The number of benzene rings is 1. The molecule has 0 unspecified atom stereocenters. The van der Waals surface area contributed by atoms with E-state index in [4.69, 9.17) is 10.00 Å². The fourth-order valence-corrected chi connectivity index (χ4v) is 1.87. The van der Waals surface area contributed by atoms with Crippen LogP contribution in [0.2, 0.25) is 0 Å². The summed E-state index contributed by atoms with van der Waals surface area (Å²) in [6.07, 6.45) is 0.272. The highest BCUT2D eigenvalue weighted by Crippen LogP contribution is 2.12. The Balaban J connectivity index is 2.51. The van der Waals surface area contributed by atoms with Gasteiger partial charge in [0.05, 0.1) is 18.1 Å². The number of rotatable bonds is 5. The van der Waals surface area contributed by atoms with Crippen molar-refractivity contribution in [2.24, 2.45) is 0 Å². The third kappa shape index (κ3) is 6.87. The van der Waals surface area contributed by atoms with Crippen LogP contribution in [0.1, 0.15) is 38.3 Å².